The SMILES string of the molecule is CSc1ccc2c(c1)C(=O)N(c1cc([N+](=O)[O-])ccc1C)C2=O. The topological polar surface area (TPSA) is 80.5 Å². The number of fused-ring (bicyclic) bond motifs is 1. The second kappa shape index (κ2) is 5.51. The van der Waals surface area contributed by atoms with Gasteiger partial charge < -0.3 is 0 Å². The number of benzene rings is 2. The summed E-state index contributed by atoms with van der Waals surface area (Å²) in [5, 5.41) is 11.0. The van der Waals surface area contributed by atoms with E-state index in [-0.39, 0.29) is 11.4 Å². The molecule has 0 atom stereocenters. The molecule has 0 saturated carbocycles. The van der Waals surface area contributed by atoms with Crippen LogP contribution in [0.5, 0.6) is 0 Å². The highest BCUT2D eigenvalue weighted by Gasteiger charge is 2.38. The molecule has 6 nitrogen and oxygen atoms in total. The van der Waals surface area contributed by atoms with Gasteiger partial charge in [-0.1, -0.05) is 6.07 Å². The normalized spacial score (nSPS) is 13.4. The van der Waals surface area contributed by atoms with Gasteiger partial charge in [-0.15, -0.1) is 11.8 Å². The maximum absolute atomic E-state index is 12.6. The Labute approximate surface area is 136 Å². The van der Waals surface area contributed by atoms with E-state index in [1.807, 2.05) is 6.26 Å². The number of rotatable bonds is 3. The molecule has 0 bridgehead atoms. The molecule has 0 N–H and O–H groups in total. The van der Waals surface area contributed by atoms with Crippen molar-refractivity contribution in [2.75, 3.05) is 11.2 Å². The first-order valence-electron chi connectivity index (χ1n) is 6.76. The summed E-state index contributed by atoms with van der Waals surface area (Å²) in [6.07, 6.45) is 1.88. The van der Waals surface area contributed by atoms with Crippen LogP contribution in [-0.4, -0.2) is 23.0 Å². The summed E-state index contributed by atoms with van der Waals surface area (Å²) in [5.41, 5.74) is 1.35. The number of nitrogens with zero attached hydrogens (tertiary/aromatic N) is 2. The number of thioether (sulfide) groups is 1. The molecule has 0 saturated heterocycles. The van der Waals surface area contributed by atoms with Crippen molar-refractivity contribution < 1.29 is 14.5 Å². The van der Waals surface area contributed by atoms with E-state index in [4.69, 9.17) is 0 Å². The molecule has 1 aliphatic rings. The van der Waals surface area contributed by atoms with Crippen LogP contribution in [0.25, 0.3) is 0 Å². The molecule has 0 unspecified atom stereocenters. The maximum Gasteiger partial charge on any atom is 0.271 e. The Hall–Kier alpha value is -2.67. The summed E-state index contributed by atoms with van der Waals surface area (Å²) in [5.74, 6) is -0.911. The fourth-order valence-electron chi connectivity index (χ4n) is 2.52. The van der Waals surface area contributed by atoms with Gasteiger partial charge in [0.15, 0.2) is 0 Å². The summed E-state index contributed by atoms with van der Waals surface area (Å²) in [6, 6.07) is 9.21. The van der Waals surface area contributed by atoms with Crippen LogP contribution in [0, 0.1) is 17.0 Å². The molecular weight excluding hydrogens is 316 g/mol. The van der Waals surface area contributed by atoms with Crippen molar-refractivity contribution in [1.82, 2.24) is 0 Å². The summed E-state index contributed by atoms with van der Waals surface area (Å²) < 4.78 is 0. The molecule has 116 valence electrons. The van der Waals surface area contributed by atoms with Crippen molar-refractivity contribution in [3.05, 3.63) is 63.2 Å². The van der Waals surface area contributed by atoms with Crippen molar-refractivity contribution in [3.8, 4) is 0 Å². The summed E-state index contributed by atoms with van der Waals surface area (Å²) in [4.78, 5) is 37.5. The van der Waals surface area contributed by atoms with Crippen molar-refractivity contribution >= 4 is 35.0 Å². The lowest BCUT2D eigenvalue weighted by Crippen LogP contribution is -2.30. The lowest BCUT2D eigenvalue weighted by Gasteiger charge is -2.16. The minimum absolute atomic E-state index is 0.160. The number of hydrogen-bond acceptors (Lipinski definition) is 5. The first-order chi connectivity index (χ1) is 10.9. The lowest BCUT2D eigenvalue weighted by molar-refractivity contribution is -0.384. The standard InChI is InChI=1S/C16H12N2O4S/c1-9-3-4-10(18(21)22)7-14(9)17-15(19)12-6-5-11(23-2)8-13(12)16(17)20/h3-8H,1-2H3. The number of non-ortho nitro benzene ring substituents is 1. The molecule has 2 aromatic rings. The highest BCUT2D eigenvalue weighted by Crippen LogP contribution is 2.34. The zero-order valence-electron chi connectivity index (χ0n) is 12.4. The average molecular weight is 328 g/mol. The highest BCUT2D eigenvalue weighted by molar-refractivity contribution is 7.98. The van der Waals surface area contributed by atoms with Crippen LogP contribution in [0.1, 0.15) is 26.3 Å². The third kappa shape index (κ3) is 2.39. The van der Waals surface area contributed by atoms with Crippen LogP contribution in [0.3, 0.4) is 0 Å². The smallest absolute Gasteiger partial charge is 0.268 e. The molecule has 0 fully saturated rings. The molecule has 0 aromatic heterocycles. The van der Waals surface area contributed by atoms with Gasteiger partial charge in [-0.3, -0.25) is 19.7 Å². The number of nitro groups is 1. The number of amides is 2. The van der Waals surface area contributed by atoms with E-state index in [9.17, 15) is 19.7 Å². The van der Waals surface area contributed by atoms with Crippen LogP contribution < -0.4 is 4.90 Å². The monoisotopic (exact) mass is 328 g/mol. The van der Waals surface area contributed by atoms with Gasteiger partial charge in [0.1, 0.15) is 0 Å². The second-order valence-corrected chi connectivity index (χ2v) is 5.96. The Morgan fingerprint density at radius 2 is 1.74 bits per heavy atom. The first kappa shape index (κ1) is 15.2. The van der Waals surface area contributed by atoms with Crippen LogP contribution in [0.4, 0.5) is 11.4 Å². The average Bonchev–Trinajstić information content (AvgIpc) is 2.79. The van der Waals surface area contributed by atoms with Gasteiger partial charge in [0, 0.05) is 17.0 Å². The molecule has 1 aliphatic heterocycles. The molecule has 1 heterocycles. The number of aryl methyl sites for hydroxylation is 1. The summed E-state index contributed by atoms with van der Waals surface area (Å²) in [7, 11) is 0. The number of hydrogen-bond donors (Lipinski definition) is 0. The largest absolute Gasteiger partial charge is 0.271 e. The molecule has 3 rings (SSSR count). The minimum atomic E-state index is -0.549. The van der Waals surface area contributed by atoms with Crippen molar-refractivity contribution in [3.63, 3.8) is 0 Å². The fourth-order valence-corrected chi connectivity index (χ4v) is 2.96. The molecule has 2 aromatic carbocycles. The van der Waals surface area contributed by atoms with Gasteiger partial charge in [-0.2, -0.15) is 0 Å². The molecular formula is C16H12N2O4S. The number of imide groups is 1. The number of carbonyl (C=O) groups excluding carboxylic acids is 2. The van der Waals surface area contributed by atoms with E-state index >= 15 is 0 Å². The Bertz CT molecular complexity index is 863. The minimum Gasteiger partial charge on any atom is -0.268 e. The van der Waals surface area contributed by atoms with E-state index in [0.717, 1.165) is 9.80 Å². The predicted octanol–water partition coefficient (Wildman–Crippen LogP) is 3.43. The van der Waals surface area contributed by atoms with Crippen LogP contribution in [-0.2, 0) is 0 Å². The van der Waals surface area contributed by atoms with E-state index in [2.05, 4.69) is 0 Å². The van der Waals surface area contributed by atoms with Crippen molar-refractivity contribution in [2.45, 2.75) is 11.8 Å². The third-order valence-corrected chi connectivity index (χ3v) is 4.46. The Kier molecular flexibility index (Phi) is 3.65. The number of carbonyl (C=O) groups is 2. The second-order valence-electron chi connectivity index (χ2n) is 5.09. The van der Waals surface area contributed by atoms with Gasteiger partial charge in [0.25, 0.3) is 17.5 Å². The zero-order valence-corrected chi connectivity index (χ0v) is 13.2. The van der Waals surface area contributed by atoms with Crippen LogP contribution >= 0.6 is 11.8 Å². The van der Waals surface area contributed by atoms with E-state index in [1.165, 1.54) is 30.0 Å². The molecule has 0 radical (unpaired) electrons. The third-order valence-electron chi connectivity index (χ3n) is 3.74. The molecule has 7 heteroatoms. The summed E-state index contributed by atoms with van der Waals surface area (Å²) in [6.45, 7) is 1.70. The maximum atomic E-state index is 12.6. The van der Waals surface area contributed by atoms with Gasteiger partial charge >= 0.3 is 0 Å². The van der Waals surface area contributed by atoms with Crippen LogP contribution in [0.2, 0.25) is 0 Å². The zero-order chi connectivity index (χ0) is 16.7. The molecule has 23 heavy (non-hydrogen) atoms. The summed E-state index contributed by atoms with van der Waals surface area (Å²) >= 11 is 1.47. The van der Waals surface area contributed by atoms with E-state index < -0.39 is 16.7 Å². The van der Waals surface area contributed by atoms with Gasteiger partial charge in [0.2, 0.25) is 0 Å². The van der Waals surface area contributed by atoms with E-state index in [1.54, 1.807) is 25.1 Å². The predicted molar refractivity (Wildman–Crippen MR) is 87.2 cm³/mol. The van der Waals surface area contributed by atoms with Gasteiger partial charge in [-0.25, -0.2) is 4.90 Å². The lowest BCUT2D eigenvalue weighted by atomic mass is 10.1. The number of nitro benzene ring substituents is 1. The molecule has 2 amide bonds. The van der Waals surface area contributed by atoms with Crippen molar-refractivity contribution in [1.29, 1.82) is 0 Å². The molecule has 0 spiro atoms. The first-order valence-corrected chi connectivity index (χ1v) is 7.98. The number of anilines is 1. The van der Waals surface area contributed by atoms with Crippen molar-refractivity contribution in [2.24, 2.45) is 0 Å². The van der Waals surface area contributed by atoms with E-state index in [0.29, 0.717) is 16.7 Å². The highest BCUT2D eigenvalue weighted by atomic mass is 32.2. The van der Waals surface area contributed by atoms with Gasteiger partial charge in [-0.05, 0) is 36.9 Å². The quantitative estimate of drug-likeness (QED) is 0.373. The Balaban J connectivity index is 2.12. The van der Waals surface area contributed by atoms with Crippen LogP contribution in [0.15, 0.2) is 41.3 Å². The Morgan fingerprint density at radius 3 is 2.39 bits per heavy atom. The Morgan fingerprint density at radius 1 is 1.04 bits per heavy atom. The fraction of sp³-hybridized carbons (Fsp3) is 0.125. The van der Waals surface area contributed by atoms with Gasteiger partial charge in [0.05, 0.1) is 21.7 Å². The molecule has 0 aliphatic carbocycles.